The van der Waals surface area contributed by atoms with Crippen LogP contribution in [0.25, 0.3) is 0 Å². The van der Waals surface area contributed by atoms with Crippen LogP contribution in [0.3, 0.4) is 0 Å². The molecule has 2 fully saturated rings. The number of nitrogens with zero attached hydrogens (tertiary/aromatic N) is 2. The fourth-order valence-electron chi connectivity index (χ4n) is 2.99. The van der Waals surface area contributed by atoms with Gasteiger partial charge in [-0.3, -0.25) is 0 Å². The number of rotatable bonds is 4. The number of thioether (sulfide) groups is 1. The Balaban J connectivity index is 1.63. The third-order valence-corrected chi connectivity index (χ3v) is 5.26. The predicted molar refractivity (Wildman–Crippen MR) is 93.6 cm³/mol. The minimum absolute atomic E-state index is 0.376. The summed E-state index contributed by atoms with van der Waals surface area (Å²) in [6, 6.07) is 8.22. The van der Waals surface area contributed by atoms with Gasteiger partial charge in [-0.15, -0.1) is 0 Å². The molecule has 0 unspecified atom stereocenters. The largest absolute Gasteiger partial charge is 0.490 e. The molecule has 22 heavy (non-hydrogen) atoms. The van der Waals surface area contributed by atoms with E-state index in [9.17, 15) is 0 Å². The zero-order chi connectivity index (χ0) is 15.2. The molecule has 1 saturated heterocycles. The van der Waals surface area contributed by atoms with E-state index < -0.39 is 0 Å². The standard InChI is InChI=1S/C17H25N3OS/c18-17(20-9-11-22-12-10-20)19-13-14-5-1-4-8-16(14)21-15-6-2-3-7-15/h1,4-5,8,15H,2-3,6-7,9-13H2,(H2,18,19). The van der Waals surface area contributed by atoms with Crippen LogP contribution in [0.4, 0.5) is 0 Å². The van der Waals surface area contributed by atoms with Gasteiger partial charge in [0.2, 0.25) is 0 Å². The van der Waals surface area contributed by atoms with Crippen LogP contribution in [0, 0.1) is 0 Å². The first-order chi connectivity index (χ1) is 10.8. The summed E-state index contributed by atoms with van der Waals surface area (Å²) in [6.45, 7) is 2.60. The van der Waals surface area contributed by atoms with Gasteiger partial charge in [0, 0.05) is 30.2 Å². The molecule has 1 heterocycles. The number of hydrogen-bond donors (Lipinski definition) is 1. The Bertz CT molecular complexity index is 508. The number of nitrogens with two attached hydrogens (primary N) is 1. The molecule has 0 atom stereocenters. The van der Waals surface area contributed by atoms with Crippen LogP contribution in [0.1, 0.15) is 31.2 Å². The second-order valence-corrected chi connectivity index (χ2v) is 7.13. The smallest absolute Gasteiger partial charge is 0.191 e. The average Bonchev–Trinajstić information content (AvgIpc) is 3.07. The van der Waals surface area contributed by atoms with E-state index >= 15 is 0 Å². The maximum absolute atomic E-state index is 6.16. The summed E-state index contributed by atoms with van der Waals surface area (Å²) in [5, 5.41) is 0. The third-order valence-electron chi connectivity index (χ3n) is 4.31. The molecule has 3 rings (SSSR count). The average molecular weight is 319 g/mol. The van der Waals surface area contributed by atoms with Gasteiger partial charge in [0.05, 0.1) is 12.6 Å². The normalized spacial score (nSPS) is 20.4. The van der Waals surface area contributed by atoms with E-state index in [-0.39, 0.29) is 0 Å². The molecule has 1 aromatic carbocycles. The van der Waals surface area contributed by atoms with Gasteiger partial charge in [-0.2, -0.15) is 11.8 Å². The molecule has 0 bridgehead atoms. The van der Waals surface area contributed by atoms with Crippen molar-refractivity contribution in [2.75, 3.05) is 24.6 Å². The maximum Gasteiger partial charge on any atom is 0.191 e. The second kappa shape index (κ2) is 7.77. The Morgan fingerprint density at radius 3 is 2.73 bits per heavy atom. The fraction of sp³-hybridized carbons (Fsp3) is 0.588. The highest BCUT2D eigenvalue weighted by Crippen LogP contribution is 2.27. The first-order valence-electron chi connectivity index (χ1n) is 8.20. The van der Waals surface area contributed by atoms with Crippen LogP contribution >= 0.6 is 11.8 Å². The van der Waals surface area contributed by atoms with E-state index in [2.05, 4.69) is 22.0 Å². The van der Waals surface area contributed by atoms with E-state index in [1.54, 1.807) is 0 Å². The predicted octanol–water partition coefficient (Wildman–Crippen LogP) is 2.87. The molecule has 2 N–H and O–H groups in total. The van der Waals surface area contributed by atoms with Crippen molar-refractivity contribution in [2.45, 2.75) is 38.3 Å². The molecule has 0 aromatic heterocycles. The lowest BCUT2D eigenvalue weighted by Crippen LogP contribution is -2.42. The minimum atomic E-state index is 0.376. The quantitative estimate of drug-likeness (QED) is 0.685. The number of para-hydroxylation sites is 1. The van der Waals surface area contributed by atoms with Crippen molar-refractivity contribution in [1.29, 1.82) is 0 Å². The van der Waals surface area contributed by atoms with Crippen LogP contribution in [0.15, 0.2) is 29.3 Å². The third kappa shape index (κ3) is 4.09. The Labute approximate surface area is 137 Å². The highest BCUT2D eigenvalue weighted by Gasteiger charge is 2.18. The molecule has 2 aliphatic rings. The van der Waals surface area contributed by atoms with E-state index in [4.69, 9.17) is 10.5 Å². The Morgan fingerprint density at radius 1 is 1.23 bits per heavy atom. The molecule has 0 radical (unpaired) electrons. The Hall–Kier alpha value is -1.36. The van der Waals surface area contributed by atoms with Gasteiger partial charge in [0.15, 0.2) is 5.96 Å². The summed E-state index contributed by atoms with van der Waals surface area (Å²) in [4.78, 5) is 6.76. The number of ether oxygens (including phenoxy) is 1. The minimum Gasteiger partial charge on any atom is -0.490 e. The number of hydrogen-bond acceptors (Lipinski definition) is 3. The summed E-state index contributed by atoms with van der Waals surface area (Å²) in [5.74, 6) is 3.91. The van der Waals surface area contributed by atoms with E-state index in [1.807, 2.05) is 23.9 Å². The second-order valence-electron chi connectivity index (χ2n) is 5.91. The van der Waals surface area contributed by atoms with Crippen molar-refractivity contribution in [2.24, 2.45) is 10.7 Å². The molecular formula is C17H25N3OS. The van der Waals surface area contributed by atoms with Gasteiger partial charge in [0.25, 0.3) is 0 Å². The van der Waals surface area contributed by atoms with Crippen LogP contribution in [-0.4, -0.2) is 41.6 Å². The van der Waals surface area contributed by atoms with Crippen molar-refractivity contribution in [3.05, 3.63) is 29.8 Å². The topological polar surface area (TPSA) is 50.9 Å². The summed E-state index contributed by atoms with van der Waals surface area (Å²) >= 11 is 1.98. The van der Waals surface area contributed by atoms with Gasteiger partial charge in [-0.25, -0.2) is 4.99 Å². The van der Waals surface area contributed by atoms with Gasteiger partial charge in [0.1, 0.15) is 5.75 Å². The van der Waals surface area contributed by atoms with Crippen LogP contribution < -0.4 is 10.5 Å². The fourth-order valence-corrected chi connectivity index (χ4v) is 3.90. The van der Waals surface area contributed by atoms with Gasteiger partial charge >= 0.3 is 0 Å². The van der Waals surface area contributed by atoms with E-state index in [0.717, 1.165) is 35.9 Å². The molecular weight excluding hydrogens is 294 g/mol. The number of benzene rings is 1. The van der Waals surface area contributed by atoms with Crippen LogP contribution in [0.5, 0.6) is 5.75 Å². The van der Waals surface area contributed by atoms with Gasteiger partial charge < -0.3 is 15.4 Å². The molecule has 120 valence electrons. The van der Waals surface area contributed by atoms with E-state index in [0.29, 0.717) is 18.6 Å². The molecule has 0 amide bonds. The molecule has 1 saturated carbocycles. The number of guanidine groups is 1. The molecule has 5 heteroatoms. The van der Waals surface area contributed by atoms with E-state index in [1.165, 1.54) is 25.7 Å². The SMILES string of the molecule is NC(=NCc1ccccc1OC1CCCC1)N1CCSCC1. The monoisotopic (exact) mass is 319 g/mol. The molecule has 1 aliphatic heterocycles. The zero-order valence-corrected chi connectivity index (χ0v) is 13.9. The lowest BCUT2D eigenvalue weighted by molar-refractivity contribution is 0.208. The van der Waals surface area contributed by atoms with Crippen molar-refractivity contribution in [3.8, 4) is 5.75 Å². The zero-order valence-electron chi connectivity index (χ0n) is 13.0. The van der Waals surface area contributed by atoms with Gasteiger partial charge in [-0.05, 0) is 31.7 Å². The molecule has 0 spiro atoms. The van der Waals surface area contributed by atoms with Crippen molar-refractivity contribution >= 4 is 17.7 Å². The lowest BCUT2D eigenvalue weighted by atomic mass is 10.2. The van der Waals surface area contributed by atoms with Crippen molar-refractivity contribution in [1.82, 2.24) is 4.90 Å². The summed E-state index contributed by atoms with van der Waals surface area (Å²) < 4.78 is 6.16. The Morgan fingerprint density at radius 2 is 1.95 bits per heavy atom. The van der Waals surface area contributed by atoms with Crippen LogP contribution in [-0.2, 0) is 6.54 Å². The highest BCUT2D eigenvalue weighted by atomic mass is 32.2. The number of aliphatic imine (C=N–C) groups is 1. The van der Waals surface area contributed by atoms with Crippen molar-refractivity contribution in [3.63, 3.8) is 0 Å². The maximum atomic E-state index is 6.16. The summed E-state index contributed by atoms with van der Waals surface area (Å²) in [7, 11) is 0. The first kappa shape index (κ1) is 15.5. The molecule has 4 nitrogen and oxygen atoms in total. The molecule has 1 aromatic rings. The highest BCUT2D eigenvalue weighted by molar-refractivity contribution is 7.99. The molecule has 1 aliphatic carbocycles. The van der Waals surface area contributed by atoms with Crippen LogP contribution in [0.2, 0.25) is 0 Å². The lowest BCUT2D eigenvalue weighted by Gasteiger charge is -2.27. The summed E-state index contributed by atoms with van der Waals surface area (Å²) in [5.41, 5.74) is 7.26. The first-order valence-corrected chi connectivity index (χ1v) is 9.35. The summed E-state index contributed by atoms with van der Waals surface area (Å²) in [6.07, 6.45) is 5.29. The van der Waals surface area contributed by atoms with Gasteiger partial charge in [-0.1, -0.05) is 18.2 Å². The Kier molecular flexibility index (Phi) is 5.48. The van der Waals surface area contributed by atoms with Crippen molar-refractivity contribution < 1.29 is 4.74 Å².